The van der Waals surface area contributed by atoms with Crippen molar-refractivity contribution in [3.8, 4) is 0 Å². The first kappa shape index (κ1) is 16.4. The van der Waals surface area contributed by atoms with Gasteiger partial charge in [-0.05, 0) is 26.2 Å². The van der Waals surface area contributed by atoms with Crippen molar-refractivity contribution in [2.75, 3.05) is 25.9 Å². The van der Waals surface area contributed by atoms with Gasteiger partial charge in [0, 0.05) is 25.2 Å². The van der Waals surface area contributed by atoms with Crippen LogP contribution in [0.4, 0.5) is 0 Å². The molecule has 1 saturated heterocycles. The molecule has 1 fully saturated rings. The normalized spacial score (nSPS) is 20.2. The fraction of sp³-hybridized carbons (Fsp3) is 0.917. The molecule has 1 aliphatic heterocycles. The molecule has 7 heteroatoms. The Morgan fingerprint density at radius 1 is 1.37 bits per heavy atom. The Labute approximate surface area is 116 Å². The van der Waals surface area contributed by atoms with Crippen LogP contribution in [0, 0.1) is 0 Å². The molecule has 1 unspecified atom stereocenters. The van der Waals surface area contributed by atoms with Crippen LogP contribution in [0.5, 0.6) is 0 Å². The molecule has 0 aromatic heterocycles. The third-order valence-electron chi connectivity index (χ3n) is 3.51. The summed E-state index contributed by atoms with van der Waals surface area (Å²) in [5.41, 5.74) is 0. The maximum Gasteiger partial charge on any atom is 0.234 e. The second-order valence-electron chi connectivity index (χ2n) is 5.19. The van der Waals surface area contributed by atoms with Gasteiger partial charge in [0.05, 0.1) is 12.8 Å². The molecule has 1 aliphatic rings. The average Bonchev–Trinajstić information content (AvgIpc) is 2.35. The Hall–Kier alpha value is -0.660. The van der Waals surface area contributed by atoms with Crippen molar-refractivity contribution in [1.82, 2.24) is 14.9 Å². The van der Waals surface area contributed by atoms with Crippen LogP contribution in [0.2, 0.25) is 0 Å². The molecule has 0 bridgehead atoms. The van der Waals surface area contributed by atoms with Crippen LogP contribution in [0.1, 0.15) is 33.1 Å². The molecule has 1 amide bonds. The number of piperidine rings is 1. The van der Waals surface area contributed by atoms with E-state index in [0.29, 0.717) is 38.5 Å². The molecule has 0 spiro atoms. The topological polar surface area (TPSA) is 78.5 Å². The van der Waals surface area contributed by atoms with E-state index >= 15 is 0 Å². The lowest BCUT2D eigenvalue weighted by atomic mass is 10.1. The summed E-state index contributed by atoms with van der Waals surface area (Å²) in [5, 5.41) is 6.08. The second kappa shape index (κ2) is 7.21. The van der Waals surface area contributed by atoms with Crippen LogP contribution < -0.4 is 10.6 Å². The fourth-order valence-corrected chi connectivity index (χ4v) is 2.90. The number of amides is 1. The van der Waals surface area contributed by atoms with Gasteiger partial charge in [-0.3, -0.25) is 4.79 Å². The summed E-state index contributed by atoms with van der Waals surface area (Å²) >= 11 is 0. The standard InChI is InChI=1S/C12H25N3O3S/c1-4-10(2)13-9-12(16)14-11-5-7-15(8-6-11)19(3,17)18/h10-11,13H,4-9H2,1-3H3,(H,14,16). The van der Waals surface area contributed by atoms with Gasteiger partial charge in [0.15, 0.2) is 0 Å². The van der Waals surface area contributed by atoms with Crippen LogP contribution in [0.3, 0.4) is 0 Å². The number of hydrogen-bond acceptors (Lipinski definition) is 4. The molecule has 0 radical (unpaired) electrons. The molecule has 6 nitrogen and oxygen atoms in total. The quantitative estimate of drug-likeness (QED) is 0.717. The number of sulfonamides is 1. The van der Waals surface area contributed by atoms with E-state index in [1.54, 1.807) is 0 Å². The highest BCUT2D eigenvalue weighted by atomic mass is 32.2. The summed E-state index contributed by atoms with van der Waals surface area (Å²) in [4.78, 5) is 11.7. The minimum Gasteiger partial charge on any atom is -0.352 e. The van der Waals surface area contributed by atoms with Crippen LogP contribution in [-0.4, -0.2) is 56.6 Å². The zero-order chi connectivity index (χ0) is 14.5. The lowest BCUT2D eigenvalue weighted by Gasteiger charge is -2.30. The molecule has 0 aliphatic carbocycles. The molecule has 2 N–H and O–H groups in total. The van der Waals surface area contributed by atoms with E-state index in [9.17, 15) is 13.2 Å². The Morgan fingerprint density at radius 3 is 2.42 bits per heavy atom. The van der Waals surface area contributed by atoms with E-state index in [4.69, 9.17) is 0 Å². The maximum atomic E-state index is 11.7. The number of hydrogen-bond donors (Lipinski definition) is 2. The summed E-state index contributed by atoms with van der Waals surface area (Å²) in [6.07, 6.45) is 3.58. The highest BCUT2D eigenvalue weighted by Gasteiger charge is 2.25. The monoisotopic (exact) mass is 291 g/mol. The zero-order valence-corrected chi connectivity index (χ0v) is 12.8. The maximum absolute atomic E-state index is 11.7. The minimum absolute atomic E-state index is 0.0156. The molecule has 0 saturated carbocycles. The van der Waals surface area contributed by atoms with Crippen molar-refractivity contribution in [1.29, 1.82) is 0 Å². The smallest absolute Gasteiger partial charge is 0.234 e. The Kier molecular flexibility index (Phi) is 6.22. The van der Waals surface area contributed by atoms with Gasteiger partial charge in [0.1, 0.15) is 0 Å². The van der Waals surface area contributed by atoms with Gasteiger partial charge >= 0.3 is 0 Å². The van der Waals surface area contributed by atoms with Crippen LogP contribution >= 0.6 is 0 Å². The highest BCUT2D eigenvalue weighted by Crippen LogP contribution is 2.12. The van der Waals surface area contributed by atoms with Crippen molar-refractivity contribution >= 4 is 15.9 Å². The molecule has 1 atom stereocenters. The van der Waals surface area contributed by atoms with Crippen molar-refractivity contribution in [3.63, 3.8) is 0 Å². The largest absolute Gasteiger partial charge is 0.352 e. The minimum atomic E-state index is -3.09. The van der Waals surface area contributed by atoms with Gasteiger partial charge in [-0.15, -0.1) is 0 Å². The van der Waals surface area contributed by atoms with E-state index in [-0.39, 0.29) is 11.9 Å². The van der Waals surface area contributed by atoms with Gasteiger partial charge in [0.25, 0.3) is 0 Å². The van der Waals surface area contributed by atoms with Crippen LogP contribution in [-0.2, 0) is 14.8 Å². The fourth-order valence-electron chi connectivity index (χ4n) is 2.02. The third kappa shape index (κ3) is 5.88. The highest BCUT2D eigenvalue weighted by molar-refractivity contribution is 7.88. The Bertz CT molecular complexity index is 389. The van der Waals surface area contributed by atoms with Crippen molar-refractivity contribution < 1.29 is 13.2 Å². The van der Waals surface area contributed by atoms with E-state index in [1.165, 1.54) is 10.6 Å². The molecule has 0 aromatic carbocycles. The zero-order valence-electron chi connectivity index (χ0n) is 12.0. The molecular weight excluding hydrogens is 266 g/mol. The predicted octanol–water partition coefficient (Wildman–Crippen LogP) is -0.0853. The molecule has 19 heavy (non-hydrogen) atoms. The van der Waals surface area contributed by atoms with Gasteiger partial charge < -0.3 is 10.6 Å². The molecule has 0 aromatic rings. The van der Waals surface area contributed by atoms with E-state index in [0.717, 1.165) is 6.42 Å². The van der Waals surface area contributed by atoms with Gasteiger partial charge in [0.2, 0.25) is 15.9 Å². The summed E-state index contributed by atoms with van der Waals surface area (Å²) in [6, 6.07) is 0.419. The van der Waals surface area contributed by atoms with Gasteiger partial charge in [-0.25, -0.2) is 12.7 Å². The predicted molar refractivity (Wildman–Crippen MR) is 75.3 cm³/mol. The first-order chi connectivity index (χ1) is 8.82. The summed E-state index contributed by atoms with van der Waals surface area (Å²) in [7, 11) is -3.09. The van der Waals surface area contributed by atoms with Gasteiger partial charge in [-0.1, -0.05) is 6.92 Å². The van der Waals surface area contributed by atoms with Crippen molar-refractivity contribution in [3.05, 3.63) is 0 Å². The number of carbonyl (C=O) groups excluding carboxylic acids is 1. The number of rotatable bonds is 6. The number of nitrogens with one attached hydrogen (secondary N) is 2. The molecule has 112 valence electrons. The van der Waals surface area contributed by atoms with Crippen LogP contribution in [0.15, 0.2) is 0 Å². The lowest BCUT2D eigenvalue weighted by Crippen LogP contribution is -2.48. The molecular formula is C12H25N3O3S. The lowest BCUT2D eigenvalue weighted by molar-refractivity contribution is -0.121. The Balaban J connectivity index is 2.27. The van der Waals surface area contributed by atoms with Crippen molar-refractivity contribution in [2.45, 2.75) is 45.2 Å². The summed E-state index contributed by atoms with van der Waals surface area (Å²) < 4.78 is 24.2. The van der Waals surface area contributed by atoms with E-state index < -0.39 is 10.0 Å². The first-order valence-corrected chi connectivity index (χ1v) is 8.65. The summed E-state index contributed by atoms with van der Waals surface area (Å²) in [5.74, 6) is -0.0156. The molecule has 1 heterocycles. The van der Waals surface area contributed by atoms with E-state index in [2.05, 4.69) is 17.6 Å². The average molecular weight is 291 g/mol. The second-order valence-corrected chi connectivity index (χ2v) is 7.18. The third-order valence-corrected chi connectivity index (χ3v) is 4.81. The number of nitrogens with zero attached hydrogens (tertiary/aromatic N) is 1. The van der Waals surface area contributed by atoms with E-state index in [1.807, 2.05) is 6.92 Å². The van der Waals surface area contributed by atoms with Crippen LogP contribution in [0.25, 0.3) is 0 Å². The van der Waals surface area contributed by atoms with Crippen molar-refractivity contribution in [2.24, 2.45) is 0 Å². The first-order valence-electron chi connectivity index (χ1n) is 6.80. The number of carbonyl (C=O) groups is 1. The van der Waals surface area contributed by atoms with Gasteiger partial charge in [-0.2, -0.15) is 0 Å². The SMILES string of the molecule is CCC(C)NCC(=O)NC1CCN(S(C)(=O)=O)CC1. The molecule has 1 rings (SSSR count). The summed E-state index contributed by atoms with van der Waals surface area (Å²) in [6.45, 7) is 5.40. The Morgan fingerprint density at radius 2 is 1.95 bits per heavy atom.